The van der Waals surface area contributed by atoms with E-state index in [2.05, 4.69) is 25.7 Å². The highest BCUT2D eigenvalue weighted by Gasteiger charge is 2.54. The molecule has 4 rings (SSSR count). The molecule has 0 radical (unpaired) electrons. The van der Waals surface area contributed by atoms with Crippen LogP contribution in [0.1, 0.15) is 10.7 Å². The van der Waals surface area contributed by atoms with Crippen molar-refractivity contribution in [2.45, 2.75) is 21.5 Å². The molecule has 1 fully saturated rings. The average Bonchev–Trinajstić information content (AvgIpc) is 3.42. The van der Waals surface area contributed by atoms with Crippen LogP contribution in [0.3, 0.4) is 0 Å². The van der Waals surface area contributed by atoms with Crippen molar-refractivity contribution >= 4 is 98.2 Å². The lowest BCUT2D eigenvalue weighted by Gasteiger charge is -2.49. The predicted octanol–water partition coefficient (Wildman–Crippen LogP) is 1.09. The van der Waals surface area contributed by atoms with Gasteiger partial charge in [-0.05, 0) is 0 Å². The number of β-lactam (4-membered cyclic amide) rings is 1. The first-order chi connectivity index (χ1) is 17.2. The van der Waals surface area contributed by atoms with E-state index in [0.29, 0.717) is 21.5 Å². The summed E-state index contributed by atoms with van der Waals surface area (Å²) in [7, 11) is 0. The minimum absolute atomic E-state index is 0.0413. The number of rotatable bonds is 10. The fraction of sp³-hybridized carbons (Fsp3) is 0.353. The molecular weight excluding hydrogens is 592 g/mol. The smallest absolute Gasteiger partial charge is 0.353 e. The third-order valence-corrected chi connectivity index (χ3v) is 10.5. The van der Waals surface area contributed by atoms with Gasteiger partial charge in [-0.25, -0.2) is 9.78 Å². The first-order valence-electron chi connectivity index (χ1n) is 9.89. The van der Waals surface area contributed by atoms with Crippen LogP contribution < -0.4 is 16.8 Å². The van der Waals surface area contributed by atoms with Crippen molar-refractivity contribution in [2.24, 2.45) is 10.9 Å². The first kappa shape index (κ1) is 27.0. The first-order valence-corrected chi connectivity index (χ1v) is 14.9. The Morgan fingerprint density at radius 1 is 1.33 bits per heavy atom. The van der Waals surface area contributed by atoms with Gasteiger partial charge in [0.05, 0.1) is 0 Å². The SMILES string of the molecule is NCCSCc1nnc(SC2=C(C(=O)O)N3C(=O)[C@@H](NC(=O)/C(=N\O)c4nc(N)sc4Cl)C3SC2)s1. The van der Waals surface area contributed by atoms with Gasteiger partial charge in [-0.1, -0.05) is 51.2 Å². The van der Waals surface area contributed by atoms with Crippen LogP contribution in [-0.4, -0.2) is 83.4 Å². The standard InChI is InChI=1S/C17H17ClN8O5S5/c18-11-7(22-16(20)36-11)8(25-31)12(27)21-9-13(28)26-10(15(29)30)5(3-33-14(9)26)34-17-24-23-6(35-17)4-32-2-1-19/h9,14,31H,1-4,19H2,(H2,20,22)(H,21,27)(H,29,30)/b25-8-/t9-,14?/m1/s1. The van der Waals surface area contributed by atoms with Crippen LogP contribution in [-0.2, 0) is 20.1 Å². The van der Waals surface area contributed by atoms with Crippen LogP contribution in [0.5, 0.6) is 0 Å². The number of thioether (sulfide) groups is 3. The zero-order valence-electron chi connectivity index (χ0n) is 17.9. The molecule has 0 aliphatic carbocycles. The molecule has 2 aromatic heterocycles. The number of oxime groups is 1. The molecule has 13 nitrogen and oxygen atoms in total. The molecule has 192 valence electrons. The second-order valence-corrected chi connectivity index (χ2v) is 13.2. The van der Waals surface area contributed by atoms with E-state index in [9.17, 15) is 24.7 Å². The van der Waals surface area contributed by atoms with Gasteiger partial charge in [-0.2, -0.15) is 11.8 Å². The number of halogens is 1. The van der Waals surface area contributed by atoms with E-state index in [-0.39, 0.29) is 26.6 Å². The molecular formula is C17H17ClN8O5S5. The number of fused-ring (bicyclic) bond motifs is 1. The van der Waals surface area contributed by atoms with Crippen molar-refractivity contribution in [1.29, 1.82) is 0 Å². The number of amides is 2. The van der Waals surface area contributed by atoms with Gasteiger partial charge >= 0.3 is 5.97 Å². The maximum absolute atomic E-state index is 12.9. The van der Waals surface area contributed by atoms with Crippen LogP contribution in [0.25, 0.3) is 0 Å². The number of nitrogens with two attached hydrogens (primary N) is 2. The highest BCUT2D eigenvalue weighted by atomic mass is 35.5. The summed E-state index contributed by atoms with van der Waals surface area (Å²) in [6.07, 6.45) is 0. The van der Waals surface area contributed by atoms with Crippen LogP contribution in [0.4, 0.5) is 5.13 Å². The monoisotopic (exact) mass is 608 g/mol. The molecule has 0 aromatic carbocycles. The molecule has 7 N–H and O–H groups in total. The summed E-state index contributed by atoms with van der Waals surface area (Å²) in [6.45, 7) is 0.561. The maximum atomic E-state index is 12.9. The lowest BCUT2D eigenvalue weighted by molar-refractivity contribution is -0.150. The molecule has 36 heavy (non-hydrogen) atoms. The Kier molecular flexibility index (Phi) is 8.63. The molecule has 4 heterocycles. The molecule has 2 amide bonds. The Balaban J connectivity index is 1.47. The topological polar surface area (TPSA) is 210 Å². The van der Waals surface area contributed by atoms with Gasteiger partial charge in [0.2, 0.25) is 0 Å². The van der Waals surface area contributed by atoms with Crippen LogP contribution in [0.2, 0.25) is 4.34 Å². The molecule has 2 aliphatic heterocycles. The van der Waals surface area contributed by atoms with Gasteiger partial charge < -0.3 is 27.1 Å². The summed E-state index contributed by atoms with van der Waals surface area (Å²) in [4.78, 5) is 43.1. The number of carbonyl (C=O) groups excluding carboxylic acids is 2. The van der Waals surface area contributed by atoms with Crippen molar-refractivity contribution in [2.75, 3.05) is 23.8 Å². The van der Waals surface area contributed by atoms with Gasteiger partial charge in [0.1, 0.15) is 32.2 Å². The summed E-state index contributed by atoms with van der Waals surface area (Å²) in [5.74, 6) is -1.07. The lowest BCUT2D eigenvalue weighted by atomic mass is 10.0. The molecule has 2 aromatic rings. The third kappa shape index (κ3) is 5.43. The second kappa shape index (κ2) is 11.5. The van der Waals surface area contributed by atoms with Crippen molar-refractivity contribution < 1.29 is 24.7 Å². The number of nitrogen functional groups attached to an aromatic ring is 1. The number of aliphatic carboxylic acids is 1. The molecule has 1 unspecified atom stereocenters. The summed E-state index contributed by atoms with van der Waals surface area (Å²) in [6, 6.07) is -1.04. The number of aromatic nitrogens is 3. The summed E-state index contributed by atoms with van der Waals surface area (Å²) >= 11 is 12.3. The van der Waals surface area contributed by atoms with Crippen molar-refractivity contribution in [3.63, 3.8) is 0 Å². The highest BCUT2D eigenvalue weighted by Crippen LogP contribution is 2.45. The van der Waals surface area contributed by atoms with E-state index in [4.69, 9.17) is 23.1 Å². The van der Waals surface area contributed by atoms with Crippen LogP contribution in [0, 0.1) is 0 Å². The highest BCUT2D eigenvalue weighted by molar-refractivity contribution is 8.07. The van der Waals surface area contributed by atoms with Crippen LogP contribution >= 0.6 is 69.6 Å². The predicted molar refractivity (Wildman–Crippen MR) is 141 cm³/mol. The number of thiazole rings is 1. The van der Waals surface area contributed by atoms with Crippen molar-refractivity contribution in [1.82, 2.24) is 25.4 Å². The number of hydrogen-bond donors (Lipinski definition) is 5. The van der Waals surface area contributed by atoms with Gasteiger partial charge in [0.15, 0.2) is 15.2 Å². The lowest BCUT2D eigenvalue weighted by Crippen LogP contribution is -2.71. The van der Waals surface area contributed by atoms with Crippen molar-refractivity contribution in [3.8, 4) is 0 Å². The maximum Gasteiger partial charge on any atom is 0.353 e. The van der Waals surface area contributed by atoms with Gasteiger partial charge in [0, 0.05) is 28.7 Å². The molecule has 2 atom stereocenters. The fourth-order valence-corrected chi connectivity index (χ4v) is 8.52. The summed E-state index contributed by atoms with van der Waals surface area (Å²) < 4.78 is 0.604. The molecule has 0 bridgehead atoms. The number of carbonyl (C=O) groups is 3. The summed E-state index contributed by atoms with van der Waals surface area (Å²) in [5.41, 5.74) is 10.3. The normalized spacial score (nSPS) is 19.8. The van der Waals surface area contributed by atoms with Gasteiger partial charge in [-0.15, -0.1) is 22.0 Å². The Morgan fingerprint density at radius 2 is 2.11 bits per heavy atom. The molecule has 2 aliphatic rings. The molecule has 19 heteroatoms. The van der Waals surface area contributed by atoms with E-state index in [1.54, 1.807) is 11.8 Å². The third-order valence-electron chi connectivity index (χ3n) is 4.71. The largest absolute Gasteiger partial charge is 0.477 e. The number of anilines is 1. The second-order valence-electron chi connectivity index (χ2n) is 6.97. The Hall–Kier alpha value is -2.09. The molecule has 0 spiro atoms. The quantitative estimate of drug-likeness (QED) is 0.0841. The minimum atomic E-state index is -1.27. The van der Waals surface area contributed by atoms with E-state index >= 15 is 0 Å². The van der Waals surface area contributed by atoms with E-state index in [1.165, 1.54) is 23.1 Å². The number of hydrogen-bond acceptors (Lipinski definition) is 15. The number of nitrogens with one attached hydrogen (secondary N) is 1. The van der Waals surface area contributed by atoms with E-state index < -0.39 is 34.9 Å². The fourth-order valence-electron chi connectivity index (χ4n) is 3.23. The Labute approximate surface area is 229 Å². The Bertz CT molecular complexity index is 1270. The van der Waals surface area contributed by atoms with Crippen LogP contribution in [0.15, 0.2) is 20.1 Å². The molecule has 1 saturated heterocycles. The minimum Gasteiger partial charge on any atom is -0.477 e. The Morgan fingerprint density at radius 3 is 2.75 bits per heavy atom. The zero-order chi connectivity index (χ0) is 26.0. The number of carboxylic acids is 1. The number of nitrogens with zero attached hydrogens (tertiary/aromatic N) is 5. The zero-order valence-corrected chi connectivity index (χ0v) is 22.8. The number of carboxylic acid groups (broad SMARTS) is 1. The summed E-state index contributed by atoms with van der Waals surface area (Å²) in [5, 5.41) is 33.0. The van der Waals surface area contributed by atoms with E-state index in [0.717, 1.165) is 38.8 Å². The van der Waals surface area contributed by atoms with Gasteiger partial charge in [-0.3, -0.25) is 14.5 Å². The van der Waals surface area contributed by atoms with E-state index in [1.807, 2.05) is 0 Å². The average molecular weight is 609 g/mol. The molecule has 0 saturated carbocycles. The van der Waals surface area contributed by atoms with Gasteiger partial charge in [0.25, 0.3) is 11.8 Å². The van der Waals surface area contributed by atoms with Crippen molar-refractivity contribution in [3.05, 3.63) is 25.6 Å².